The number of para-hydroxylation sites is 1. The second-order valence-electron chi connectivity index (χ2n) is 5.88. The number of hydrogen-bond donors (Lipinski definition) is 2. The molecule has 2 N–H and O–H groups in total. The lowest BCUT2D eigenvalue weighted by Crippen LogP contribution is -2.54. The third-order valence-corrected chi connectivity index (χ3v) is 4.00. The lowest BCUT2D eigenvalue weighted by molar-refractivity contribution is -0.139. The van der Waals surface area contributed by atoms with Crippen LogP contribution in [-0.2, 0) is 14.4 Å². The number of carboxylic acids is 1. The van der Waals surface area contributed by atoms with Gasteiger partial charge in [-0.1, -0.05) is 18.2 Å². The predicted molar refractivity (Wildman–Crippen MR) is 102 cm³/mol. The lowest BCUT2D eigenvalue weighted by atomic mass is 10.1. The summed E-state index contributed by atoms with van der Waals surface area (Å²) in [6, 6.07) is 11.6. The van der Waals surface area contributed by atoms with Gasteiger partial charge in [0.25, 0.3) is 11.8 Å². The number of anilines is 1. The summed E-state index contributed by atoms with van der Waals surface area (Å²) in [6.07, 6.45) is 1.25. The number of nitrogens with one attached hydrogen (secondary N) is 1. The molecule has 1 aliphatic rings. The topological polar surface area (TPSA) is 122 Å². The third-order valence-electron chi connectivity index (χ3n) is 4.00. The van der Waals surface area contributed by atoms with Gasteiger partial charge in [-0.05, 0) is 36.4 Å². The first-order chi connectivity index (χ1) is 13.9. The molecule has 2 aromatic rings. The Morgan fingerprint density at radius 2 is 1.79 bits per heavy atom. The number of rotatable bonds is 6. The first-order valence-electron chi connectivity index (χ1n) is 8.40. The fourth-order valence-electron chi connectivity index (χ4n) is 2.65. The maximum Gasteiger partial charge on any atom is 0.341 e. The van der Waals surface area contributed by atoms with E-state index >= 15 is 0 Å². The minimum atomic E-state index is -1.17. The summed E-state index contributed by atoms with van der Waals surface area (Å²) in [5.41, 5.74) is 0.269. The van der Waals surface area contributed by atoms with Crippen LogP contribution in [0.15, 0.2) is 54.1 Å². The molecule has 0 aromatic heterocycles. The van der Waals surface area contributed by atoms with Crippen LogP contribution in [0.5, 0.6) is 11.5 Å². The van der Waals surface area contributed by atoms with Gasteiger partial charge in [0, 0.05) is 5.56 Å². The lowest BCUT2D eigenvalue weighted by Gasteiger charge is -2.26. The second-order valence-corrected chi connectivity index (χ2v) is 5.88. The molecule has 3 rings (SSSR count). The van der Waals surface area contributed by atoms with Crippen molar-refractivity contribution in [3.05, 3.63) is 59.7 Å². The first-order valence-corrected chi connectivity index (χ1v) is 8.40. The van der Waals surface area contributed by atoms with Crippen molar-refractivity contribution in [2.24, 2.45) is 0 Å². The Kier molecular flexibility index (Phi) is 5.59. The molecule has 0 aliphatic carbocycles. The molecule has 1 aliphatic heterocycles. The molecule has 0 unspecified atom stereocenters. The molecule has 0 radical (unpaired) electrons. The molecule has 0 spiro atoms. The summed E-state index contributed by atoms with van der Waals surface area (Å²) >= 11 is 0. The van der Waals surface area contributed by atoms with E-state index < -0.39 is 30.4 Å². The van der Waals surface area contributed by atoms with Crippen LogP contribution in [0.2, 0.25) is 0 Å². The van der Waals surface area contributed by atoms with E-state index in [0.717, 1.165) is 4.90 Å². The maximum atomic E-state index is 12.9. The minimum Gasteiger partial charge on any atom is -0.497 e. The average molecular weight is 396 g/mol. The summed E-state index contributed by atoms with van der Waals surface area (Å²) in [7, 11) is 1.48. The Hall–Kier alpha value is -4.14. The number of benzene rings is 2. The number of methoxy groups -OCH3 is 1. The zero-order valence-electron chi connectivity index (χ0n) is 15.2. The number of urea groups is 1. The summed E-state index contributed by atoms with van der Waals surface area (Å²) in [4.78, 5) is 49.0. The van der Waals surface area contributed by atoms with Gasteiger partial charge < -0.3 is 14.6 Å². The van der Waals surface area contributed by atoms with Crippen LogP contribution >= 0.6 is 0 Å². The highest BCUT2D eigenvalue weighted by molar-refractivity contribution is 6.39. The quantitative estimate of drug-likeness (QED) is 0.564. The zero-order chi connectivity index (χ0) is 21.0. The Labute approximate surface area is 165 Å². The van der Waals surface area contributed by atoms with Gasteiger partial charge in [-0.2, -0.15) is 0 Å². The summed E-state index contributed by atoms with van der Waals surface area (Å²) in [5, 5.41) is 10.9. The monoisotopic (exact) mass is 396 g/mol. The maximum absolute atomic E-state index is 12.9. The highest BCUT2D eigenvalue weighted by Gasteiger charge is 2.37. The third kappa shape index (κ3) is 4.24. The molecular weight excluding hydrogens is 380 g/mol. The average Bonchev–Trinajstić information content (AvgIpc) is 2.70. The molecule has 2 aromatic carbocycles. The van der Waals surface area contributed by atoms with Crippen molar-refractivity contribution in [3.8, 4) is 11.5 Å². The van der Waals surface area contributed by atoms with Crippen molar-refractivity contribution in [2.45, 2.75) is 0 Å². The summed E-state index contributed by atoms with van der Waals surface area (Å²) in [5.74, 6) is -2.14. The van der Waals surface area contributed by atoms with E-state index in [0.29, 0.717) is 11.3 Å². The first kappa shape index (κ1) is 19.6. The fourth-order valence-corrected chi connectivity index (χ4v) is 2.65. The Bertz CT molecular complexity index is 1010. The van der Waals surface area contributed by atoms with E-state index in [4.69, 9.17) is 14.6 Å². The standard InChI is InChI=1S/C20H16N2O7/c1-28-14-8-6-13(7-9-14)22-19(26)15(18(25)21-20(22)27)10-12-4-2-3-5-16(12)29-11-17(23)24/h2-10H,11H2,1H3,(H,23,24)(H,21,25,27)/b15-10-. The van der Waals surface area contributed by atoms with E-state index in [-0.39, 0.29) is 17.0 Å². The van der Waals surface area contributed by atoms with Gasteiger partial charge in [0.1, 0.15) is 17.1 Å². The number of carbonyl (C=O) groups is 4. The van der Waals surface area contributed by atoms with Crippen molar-refractivity contribution in [2.75, 3.05) is 18.6 Å². The van der Waals surface area contributed by atoms with Crippen LogP contribution in [0.3, 0.4) is 0 Å². The van der Waals surface area contributed by atoms with Crippen LogP contribution in [0.4, 0.5) is 10.5 Å². The predicted octanol–water partition coefficient (Wildman–Crippen LogP) is 1.82. The number of barbiturate groups is 1. The van der Waals surface area contributed by atoms with Gasteiger partial charge >= 0.3 is 12.0 Å². The highest BCUT2D eigenvalue weighted by atomic mass is 16.5. The van der Waals surface area contributed by atoms with Gasteiger partial charge in [-0.15, -0.1) is 0 Å². The SMILES string of the molecule is COc1ccc(N2C(=O)NC(=O)/C(=C/c3ccccc3OCC(=O)O)C2=O)cc1. The second kappa shape index (κ2) is 8.26. The van der Waals surface area contributed by atoms with E-state index in [9.17, 15) is 19.2 Å². The molecule has 148 valence electrons. The molecule has 9 heteroatoms. The number of hydrogen-bond acceptors (Lipinski definition) is 6. The van der Waals surface area contributed by atoms with Gasteiger partial charge in [0.15, 0.2) is 6.61 Å². The Morgan fingerprint density at radius 3 is 2.45 bits per heavy atom. The Morgan fingerprint density at radius 1 is 1.10 bits per heavy atom. The molecule has 0 atom stereocenters. The molecule has 29 heavy (non-hydrogen) atoms. The van der Waals surface area contributed by atoms with Crippen molar-refractivity contribution >= 4 is 35.6 Å². The number of nitrogens with zero attached hydrogens (tertiary/aromatic N) is 1. The zero-order valence-corrected chi connectivity index (χ0v) is 15.2. The molecule has 0 bridgehead atoms. The molecule has 1 saturated heterocycles. The van der Waals surface area contributed by atoms with Crippen molar-refractivity contribution in [1.82, 2.24) is 5.32 Å². The largest absolute Gasteiger partial charge is 0.497 e. The molecule has 1 fully saturated rings. The number of amides is 4. The highest BCUT2D eigenvalue weighted by Crippen LogP contribution is 2.26. The smallest absolute Gasteiger partial charge is 0.341 e. The molecule has 1 heterocycles. The molecular formula is C20H16N2O7. The van der Waals surface area contributed by atoms with Crippen LogP contribution < -0.4 is 19.7 Å². The fraction of sp³-hybridized carbons (Fsp3) is 0.100. The van der Waals surface area contributed by atoms with Crippen LogP contribution in [0, 0.1) is 0 Å². The van der Waals surface area contributed by atoms with Crippen LogP contribution in [-0.4, -0.2) is 42.6 Å². The van der Waals surface area contributed by atoms with Crippen LogP contribution in [0.1, 0.15) is 5.56 Å². The van der Waals surface area contributed by atoms with Crippen molar-refractivity contribution < 1.29 is 33.8 Å². The van der Waals surface area contributed by atoms with Gasteiger partial charge in [-0.3, -0.25) is 14.9 Å². The Balaban J connectivity index is 1.96. The number of imide groups is 2. The molecule has 9 nitrogen and oxygen atoms in total. The summed E-state index contributed by atoms with van der Waals surface area (Å²) in [6.45, 7) is -0.587. The van der Waals surface area contributed by atoms with Crippen LogP contribution in [0.25, 0.3) is 6.08 Å². The van der Waals surface area contributed by atoms with E-state index in [1.165, 1.54) is 31.4 Å². The van der Waals surface area contributed by atoms with Crippen molar-refractivity contribution in [1.29, 1.82) is 0 Å². The van der Waals surface area contributed by atoms with E-state index in [2.05, 4.69) is 5.32 Å². The number of aliphatic carboxylic acids is 1. The van der Waals surface area contributed by atoms with Crippen molar-refractivity contribution in [3.63, 3.8) is 0 Å². The molecule has 0 saturated carbocycles. The normalized spacial score (nSPS) is 15.3. The number of ether oxygens (including phenoxy) is 2. The van der Waals surface area contributed by atoms with E-state index in [1.54, 1.807) is 30.3 Å². The number of carboxylic acid groups (broad SMARTS) is 1. The molecule has 4 amide bonds. The summed E-state index contributed by atoms with van der Waals surface area (Å²) < 4.78 is 10.2. The minimum absolute atomic E-state index is 0.177. The van der Waals surface area contributed by atoms with Gasteiger partial charge in [0.2, 0.25) is 0 Å². The van der Waals surface area contributed by atoms with E-state index in [1.807, 2.05) is 0 Å². The van der Waals surface area contributed by atoms with Gasteiger partial charge in [-0.25, -0.2) is 14.5 Å². The van der Waals surface area contributed by atoms with Gasteiger partial charge in [0.05, 0.1) is 12.8 Å². The number of carbonyl (C=O) groups excluding carboxylic acids is 3.